The number of nitrogens with zero attached hydrogens (tertiary/aromatic N) is 2. The molecule has 2 aromatic carbocycles. The van der Waals surface area contributed by atoms with Crippen molar-refractivity contribution in [2.45, 2.75) is 43.6 Å². The molecule has 2 fully saturated rings. The highest BCUT2D eigenvalue weighted by molar-refractivity contribution is 7.88. The maximum Gasteiger partial charge on any atom is 0.218 e. The average Bonchev–Trinajstić information content (AvgIpc) is 2.77. The molecule has 2 aromatic rings. The van der Waals surface area contributed by atoms with Crippen molar-refractivity contribution >= 4 is 21.6 Å². The highest BCUT2D eigenvalue weighted by Gasteiger charge is 2.33. The van der Waals surface area contributed by atoms with E-state index in [1.807, 2.05) is 6.07 Å². The number of likely N-dealkylation sites (tertiary alicyclic amines) is 1. The molecular weight excluding hydrogens is 439 g/mol. The molecule has 8 heteroatoms. The number of ether oxygens (including phenoxy) is 1. The topological polar surface area (TPSA) is 49.9 Å². The molecule has 2 saturated heterocycles. The van der Waals surface area contributed by atoms with Crippen molar-refractivity contribution in [3.05, 3.63) is 64.9 Å². The average molecular weight is 467 g/mol. The quantitative estimate of drug-likeness (QED) is 0.636. The molecule has 0 aliphatic carbocycles. The molecule has 2 aliphatic heterocycles. The number of rotatable bonds is 6. The van der Waals surface area contributed by atoms with E-state index in [0.29, 0.717) is 35.5 Å². The summed E-state index contributed by atoms with van der Waals surface area (Å²) in [5.41, 5.74) is 0.642. The summed E-state index contributed by atoms with van der Waals surface area (Å²) in [5, 5.41) is 0.487. The van der Waals surface area contributed by atoms with Crippen LogP contribution in [-0.2, 0) is 15.8 Å². The van der Waals surface area contributed by atoms with E-state index < -0.39 is 10.0 Å². The number of hydrogen-bond acceptors (Lipinski definition) is 4. The van der Waals surface area contributed by atoms with E-state index in [9.17, 15) is 12.8 Å². The van der Waals surface area contributed by atoms with Gasteiger partial charge in [-0.25, -0.2) is 17.1 Å². The van der Waals surface area contributed by atoms with Crippen LogP contribution in [0.2, 0.25) is 5.02 Å². The second-order valence-electron chi connectivity index (χ2n) is 8.26. The van der Waals surface area contributed by atoms with Crippen molar-refractivity contribution in [3.63, 3.8) is 0 Å². The first-order valence-corrected chi connectivity index (χ1v) is 12.8. The van der Waals surface area contributed by atoms with Gasteiger partial charge in [-0.05, 0) is 49.4 Å². The van der Waals surface area contributed by atoms with E-state index in [1.165, 1.54) is 6.07 Å². The van der Waals surface area contributed by atoms with Crippen LogP contribution < -0.4 is 4.74 Å². The lowest BCUT2D eigenvalue weighted by molar-refractivity contribution is 0.0567. The van der Waals surface area contributed by atoms with Gasteiger partial charge in [0.25, 0.3) is 0 Å². The molecule has 0 aromatic heterocycles. The molecule has 0 radical (unpaired) electrons. The maximum atomic E-state index is 13.8. The van der Waals surface area contributed by atoms with Crippen LogP contribution in [0.3, 0.4) is 0 Å². The van der Waals surface area contributed by atoms with Crippen LogP contribution in [0.1, 0.15) is 31.2 Å². The molecule has 0 saturated carbocycles. The van der Waals surface area contributed by atoms with Crippen molar-refractivity contribution in [1.82, 2.24) is 9.21 Å². The van der Waals surface area contributed by atoms with Gasteiger partial charge in [0, 0.05) is 37.2 Å². The minimum absolute atomic E-state index is 0.0178. The van der Waals surface area contributed by atoms with E-state index in [4.69, 9.17) is 16.3 Å². The van der Waals surface area contributed by atoms with Gasteiger partial charge in [0.05, 0.1) is 5.75 Å². The van der Waals surface area contributed by atoms with Crippen LogP contribution in [0.15, 0.2) is 48.5 Å². The number of halogens is 2. The predicted octanol–water partition coefficient (Wildman–Crippen LogP) is 4.32. The molecule has 0 amide bonds. The summed E-state index contributed by atoms with van der Waals surface area (Å²) in [6, 6.07) is 14.0. The van der Waals surface area contributed by atoms with Crippen LogP contribution in [0.4, 0.5) is 4.39 Å². The summed E-state index contributed by atoms with van der Waals surface area (Å²) in [6.07, 6.45) is 3.35. The van der Waals surface area contributed by atoms with E-state index in [-0.39, 0.29) is 17.7 Å². The minimum Gasteiger partial charge on any atom is -0.487 e. The summed E-state index contributed by atoms with van der Waals surface area (Å²) in [5.74, 6) is -0.0656. The van der Waals surface area contributed by atoms with Crippen LogP contribution in [-0.4, -0.2) is 55.9 Å². The second-order valence-corrected chi connectivity index (χ2v) is 10.6. The molecule has 31 heavy (non-hydrogen) atoms. The van der Waals surface area contributed by atoms with Crippen molar-refractivity contribution in [2.75, 3.05) is 26.2 Å². The Balaban J connectivity index is 1.26. The van der Waals surface area contributed by atoms with E-state index in [2.05, 4.69) is 4.90 Å². The van der Waals surface area contributed by atoms with Crippen LogP contribution >= 0.6 is 11.6 Å². The molecular formula is C23H28ClFN2O3S. The minimum atomic E-state index is -3.39. The number of hydrogen-bond donors (Lipinski definition) is 0. The van der Waals surface area contributed by atoms with Gasteiger partial charge in [-0.15, -0.1) is 0 Å². The van der Waals surface area contributed by atoms with E-state index in [1.54, 1.807) is 40.7 Å². The number of sulfonamides is 1. The zero-order valence-electron chi connectivity index (χ0n) is 17.4. The first kappa shape index (κ1) is 22.5. The molecule has 2 heterocycles. The summed E-state index contributed by atoms with van der Waals surface area (Å²) in [7, 11) is -3.39. The Bertz CT molecular complexity index is 988. The van der Waals surface area contributed by atoms with Gasteiger partial charge >= 0.3 is 0 Å². The Morgan fingerprint density at radius 2 is 1.58 bits per heavy atom. The third-order valence-electron chi connectivity index (χ3n) is 6.24. The Kier molecular flexibility index (Phi) is 7.16. The molecule has 4 rings (SSSR count). The zero-order valence-corrected chi connectivity index (χ0v) is 19.0. The van der Waals surface area contributed by atoms with E-state index in [0.717, 1.165) is 38.8 Å². The lowest BCUT2D eigenvalue weighted by Crippen LogP contribution is -2.50. The third-order valence-corrected chi connectivity index (χ3v) is 8.43. The molecule has 0 N–H and O–H groups in total. The van der Waals surface area contributed by atoms with E-state index >= 15 is 0 Å². The first-order valence-electron chi connectivity index (χ1n) is 10.8. The molecule has 168 valence electrons. The standard InChI is InChI=1S/C23H28ClFN2O3S/c24-21-6-2-1-5-18(21)17-31(28,29)27-15-9-19(10-16-27)26-13-11-20(12-14-26)30-23-8-4-3-7-22(23)25/h1-8,19-20H,9-17H2. The van der Waals surface area contributed by atoms with Crippen molar-refractivity contribution < 1.29 is 17.5 Å². The largest absolute Gasteiger partial charge is 0.487 e. The van der Waals surface area contributed by atoms with Gasteiger partial charge in [-0.3, -0.25) is 0 Å². The number of piperidine rings is 2. The maximum absolute atomic E-state index is 13.8. The predicted molar refractivity (Wildman–Crippen MR) is 120 cm³/mol. The summed E-state index contributed by atoms with van der Waals surface area (Å²) < 4.78 is 46.9. The Morgan fingerprint density at radius 1 is 0.935 bits per heavy atom. The van der Waals surface area contributed by atoms with Gasteiger partial charge in [0.1, 0.15) is 6.10 Å². The van der Waals surface area contributed by atoms with Gasteiger partial charge in [-0.2, -0.15) is 0 Å². The highest BCUT2D eigenvalue weighted by atomic mass is 35.5. The molecule has 5 nitrogen and oxygen atoms in total. The summed E-state index contributed by atoms with van der Waals surface area (Å²) >= 11 is 6.14. The Hall–Kier alpha value is -1.67. The van der Waals surface area contributed by atoms with Gasteiger partial charge < -0.3 is 9.64 Å². The van der Waals surface area contributed by atoms with Gasteiger partial charge in [-0.1, -0.05) is 41.9 Å². The fourth-order valence-electron chi connectivity index (χ4n) is 4.47. The molecule has 0 unspecified atom stereocenters. The van der Waals surface area contributed by atoms with Crippen molar-refractivity contribution in [2.24, 2.45) is 0 Å². The Labute approximate surface area is 188 Å². The number of para-hydroxylation sites is 1. The van der Waals surface area contributed by atoms with Crippen molar-refractivity contribution in [3.8, 4) is 5.75 Å². The fourth-order valence-corrected chi connectivity index (χ4v) is 6.34. The lowest BCUT2D eigenvalue weighted by atomic mass is 10.00. The van der Waals surface area contributed by atoms with Crippen LogP contribution in [0.5, 0.6) is 5.75 Å². The SMILES string of the molecule is O=S(=O)(Cc1ccccc1Cl)N1CCC(N2CCC(Oc3ccccc3F)CC2)CC1. The highest BCUT2D eigenvalue weighted by Crippen LogP contribution is 2.27. The lowest BCUT2D eigenvalue weighted by Gasteiger charge is -2.41. The van der Waals surface area contributed by atoms with Gasteiger partial charge in [0.15, 0.2) is 11.6 Å². The normalized spacial score (nSPS) is 20.1. The molecule has 0 bridgehead atoms. The number of benzene rings is 2. The summed E-state index contributed by atoms with van der Waals surface area (Å²) in [6.45, 7) is 2.83. The van der Waals surface area contributed by atoms with Crippen LogP contribution in [0, 0.1) is 5.82 Å². The molecule has 0 spiro atoms. The molecule has 2 aliphatic rings. The monoisotopic (exact) mass is 466 g/mol. The first-order chi connectivity index (χ1) is 14.9. The Morgan fingerprint density at radius 3 is 2.26 bits per heavy atom. The second kappa shape index (κ2) is 9.86. The fraction of sp³-hybridized carbons (Fsp3) is 0.478. The van der Waals surface area contributed by atoms with Crippen molar-refractivity contribution in [1.29, 1.82) is 0 Å². The third kappa shape index (κ3) is 5.58. The smallest absolute Gasteiger partial charge is 0.218 e. The zero-order chi connectivity index (χ0) is 21.8. The summed E-state index contributed by atoms with van der Waals surface area (Å²) in [4.78, 5) is 2.43. The molecule has 0 atom stereocenters. The van der Waals surface area contributed by atoms with Crippen LogP contribution in [0.25, 0.3) is 0 Å². The van der Waals surface area contributed by atoms with Gasteiger partial charge in [0.2, 0.25) is 10.0 Å².